The van der Waals surface area contributed by atoms with Crippen LogP contribution in [0.4, 0.5) is 8.78 Å². The van der Waals surface area contributed by atoms with Gasteiger partial charge < -0.3 is 9.64 Å². The monoisotopic (exact) mass is 549 g/mol. The maximum atomic E-state index is 13.1. The van der Waals surface area contributed by atoms with Crippen molar-refractivity contribution >= 4 is 42.3 Å². The van der Waals surface area contributed by atoms with E-state index in [9.17, 15) is 13.6 Å². The smallest absolute Gasteiger partial charge is 0.249 e. The summed E-state index contributed by atoms with van der Waals surface area (Å²) in [5.41, 5.74) is 5.22. The fourth-order valence-electron chi connectivity index (χ4n) is 4.55. The van der Waals surface area contributed by atoms with Crippen LogP contribution in [-0.2, 0) is 9.22 Å². The number of halogens is 3. The molecule has 2 aliphatic heterocycles. The zero-order valence-corrected chi connectivity index (χ0v) is 19.9. The molecule has 0 aromatic heterocycles. The van der Waals surface area contributed by atoms with Crippen LogP contribution in [-0.4, -0.2) is 39.9 Å². The fraction of sp³-hybridized carbons (Fsp3) is 0.385. The fourth-order valence-corrected chi connectivity index (χ4v) is 6.96. The summed E-state index contributed by atoms with van der Waals surface area (Å²) < 4.78 is 35.8. The van der Waals surface area contributed by atoms with Crippen molar-refractivity contribution in [3.63, 3.8) is 0 Å². The number of hydrogen-bond donors (Lipinski definition) is 0. The summed E-state index contributed by atoms with van der Waals surface area (Å²) in [6.45, 7) is 1.16. The highest BCUT2D eigenvalue weighted by atomic mass is 127. The average molecular weight is 549 g/mol. The maximum absolute atomic E-state index is 13.1. The SMILES string of the molecule is O=C(C1CC(F)(F)C1)N1CCC(Oc2ccc(C3=Cc4ccccc4CI=C3)cc2)CC1. The highest BCUT2D eigenvalue weighted by molar-refractivity contribution is 14.2. The van der Waals surface area contributed by atoms with E-state index in [2.05, 4.69) is 46.5 Å². The number of allylic oxidation sites excluding steroid dienone is 1. The molecule has 1 amide bonds. The van der Waals surface area contributed by atoms with E-state index in [1.807, 2.05) is 12.1 Å². The number of fused-ring (bicyclic) bond motifs is 1. The molecule has 2 fully saturated rings. The molecule has 0 N–H and O–H groups in total. The third-order valence-electron chi connectivity index (χ3n) is 6.47. The lowest BCUT2D eigenvalue weighted by Crippen LogP contribution is -2.50. The Morgan fingerprint density at radius 1 is 1.03 bits per heavy atom. The number of amides is 1. The number of carbonyl (C=O) groups excluding carboxylic acids is 1. The van der Waals surface area contributed by atoms with E-state index >= 15 is 0 Å². The van der Waals surface area contributed by atoms with Gasteiger partial charge in [0.25, 0.3) is 0 Å². The molecule has 1 aliphatic carbocycles. The molecule has 0 spiro atoms. The zero-order valence-electron chi connectivity index (χ0n) is 17.8. The first-order valence-electron chi connectivity index (χ1n) is 11.1. The van der Waals surface area contributed by atoms with Gasteiger partial charge in [-0.3, -0.25) is 4.79 Å². The number of nitrogens with zero attached hydrogens (tertiary/aromatic N) is 1. The molecular formula is C26H26F2INO2. The van der Waals surface area contributed by atoms with Crippen molar-refractivity contribution in [3.8, 4) is 5.75 Å². The van der Waals surface area contributed by atoms with Crippen LogP contribution in [0.15, 0.2) is 48.5 Å². The molecule has 5 rings (SSSR count). The van der Waals surface area contributed by atoms with E-state index in [4.69, 9.17) is 4.74 Å². The first-order chi connectivity index (χ1) is 15.5. The van der Waals surface area contributed by atoms with Gasteiger partial charge in [-0.25, -0.2) is 8.78 Å². The number of likely N-dealkylation sites (tertiary alicyclic amines) is 1. The summed E-state index contributed by atoms with van der Waals surface area (Å²) in [6.07, 6.45) is 3.21. The van der Waals surface area contributed by atoms with E-state index in [0.29, 0.717) is 13.1 Å². The van der Waals surface area contributed by atoms with Crippen molar-refractivity contribution in [1.29, 1.82) is 0 Å². The Hall–Kier alpha value is -2.09. The van der Waals surface area contributed by atoms with Gasteiger partial charge >= 0.3 is 0 Å². The molecule has 0 unspecified atom stereocenters. The van der Waals surface area contributed by atoms with Crippen molar-refractivity contribution < 1.29 is 18.3 Å². The number of piperidine rings is 1. The first kappa shape index (κ1) is 21.7. The third kappa shape index (κ3) is 4.80. The molecular weight excluding hydrogens is 523 g/mol. The van der Waals surface area contributed by atoms with Crippen LogP contribution in [0.1, 0.15) is 42.4 Å². The second kappa shape index (κ2) is 9.04. The number of carbonyl (C=O) groups is 1. The summed E-state index contributed by atoms with van der Waals surface area (Å²) in [4.78, 5) is 14.1. The first-order valence-corrected chi connectivity index (χ1v) is 13.9. The summed E-state index contributed by atoms with van der Waals surface area (Å²) in [7, 11) is 0. The summed E-state index contributed by atoms with van der Waals surface area (Å²) >= 11 is -0.00633. The van der Waals surface area contributed by atoms with Crippen LogP contribution in [0.2, 0.25) is 0 Å². The van der Waals surface area contributed by atoms with E-state index in [0.717, 1.165) is 18.6 Å². The largest absolute Gasteiger partial charge is 0.490 e. The quantitative estimate of drug-likeness (QED) is 0.350. The summed E-state index contributed by atoms with van der Waals surface area (Å²) in [5.74, 6) is -2.43. The highest BCUT2D eigenvalue weighted by Crippen LogP contribution is 2.43. The number of benzene rings is 2. The van der Waals surface area contributed by atoms with E-state index in [1.54, 1.807) is 4.90 Å². The lowest BCUT2D eigenvalue weighted by atomic mass is 9.80. The predicted octanol–water partition coefficient (Wildman–Crippen LogP) is 5.93. The van der Waals surface area contributed by atoms with Crippen molar-refractivity contribution in [2.45, 2.75) is 42.1 Å². The van der Waals surface area contributed by atoms with Gasteiger partial charge in [-0.2, -0.15) is 0 Å². The molecule has 1 saturated heterocycles. The average Bonchev–Trinajstić information content (AvgIpc) is 3.00. The molecule has 0 atom stereocenters. The number of rotatable bonds is 4. The van der Waals surface area contributed by atoms with E-state index < -0.39 is 11.8 Å². The second-order valence-corrected chi connectivity index (χ2v) is 11.1. The lowest BCUT2D eigenvalue weighted by Gasteiger charge is -2.39. The number of hydrogen-bond acceptors (Lipinski definition) is 2. The Morgan fingerprint density at radius 2 is 1.75 bits per heavy atom. The predicted molar refractivity (Wildman–Crippen MR) is 132 cm³/mol. The van der Waals surface area contributed by atoms with Crippen LogP contribution in [0.3, 0.4) is 0 Å². The van der Waals surface area contributed by atoms with Crippen LogP contribution >= 0.6 is 20.7 Å². The van der Waals surface area contributed by atoms with Gasteiger partial charge in [-0.1, -0.05) is 36.4 Å². The normalized spacial score (nSPS) is 20.9. The van der Waals surface area contributed by atoms with Crippen LogP contribution in [0.5, 0.6) is 5.75 Å². The van der Waals surface area contributed by atoms with Crippen molar-refractivity contribution in [3.05, 3.63) is 65.2 Å². The number of alkyl halides is 3. The zero-order chi connectivity index (χ0) is 22.1. The Labute approximate surface area is 197 Å². The highest BCUT2D eigenvalue weighted by Gasteiger charge is 2.50. The molecule has 0 bridgehead atoms. The molecule has 32 heavy (non-hydrogen) atoms. The van der Waals surface area contributed by atoms with Gasteiger partial charge in [0.2, 0.25) is 11.8 Å². The molecule has 168 valence electrons. The van der Waals surface area contributed by atoms with Gasteiger partial charge in [0.05, 0.1) is 0 Å². The van der Waals surface area contributed by atoms with Gasteiger partial charge in [-0.15, -0.1) is 20.7 Å². The molecule has 2 aromatic rings. The van der Waals surface area contributed by atoms with Crippen LogP contribution in [0.25, 0.3) is 11.6 Å². The van der Waals surface area contributed by atoms with Gasteiger partial charge in [-0.05, 0) is 44.5 Å². The molecule has 2 heterocycles. The van der Waals surface area contributed by atoms with Gasteiger partial charge in [0.1, 0.15) is 11.9 Å². The maximum Gasteiger partial charge on any atom is 0.249 e. The lowest BCUT2D eigenvalue weighted by molar-refractivity contribution is -0.161. The Balaban J connectivity index is 1.17. The molecule has 2 aromatic carbocycles. The summed E-state index contributed by atoms with van der Waals surface area (Å²) in [5, 5.41) is 0. The van der Waals surface area contributed by atoms with Gasteiger partial charge in [0.15, 0.2) is 0 Å². The molecule has 1 saturated carbocycles. The molecule has 3 nitrogen and oxygen atoms in total. The number of ether oxygens (including phenoxy) is 1. The van der Waals surface area contributed by atoms with Crippen molar-refractivity contribution in [1.82, 2.24) is 4.90 Å². The van der Waals surface area contributed by atoms with Crippen molar-refractivity contribution in [2.75, 3.05) is 13.1 Å². The van der Waals surface area contributed by atoms with E-state index in [1.165, 1.54) is 26.7 Å². The van der Waals surface area contributed by atoms with Crippen LogP contribution in [0, 0.1) is 5.92 Å². The summed E-state index contributed by atoms with van der Waals surface area (Å²) in [6, 6.07) is 16.9. The molecule has 6 heteroatoms. The second-order valence-electron chi connectivity index (χ2n) is 8.82. The molecule has 0 radical (unpaired) electrons. The van der Waals surface area contributed by atoms with E-state index in [-0.39, 0.29) is 45.6 Å². The minimum absolute atomic E-state index is 0.00633. The Kier molecular flexibility index (Phi) is 6.14. The molecule has 3 aliphatic rings. The van der Waals surface area contributed by atoms with Gasteiger partial charge in [0, 0.05) is 49.1 Å². The van der Waals surface area contributed by atoms with Crippen molar-refractivity contribution in [2.24, 2.45) is 5.92 Å². The third-order valence-corrected chi connectivity index (χ3v) is 8.84. The Bertz CT molecular complexity index is 1050. The topological polar surface area (TPSA) is 29.5 Å². The minimum Gasteiger partial charge on any atom is -0.490 e. The van der Waals surface area contributed by atoms with Crippen LogP contribution < -0.4 is 4.74 Å². The standard InChI is InChI=1S/C26H26F2INO2/c27-26(28)14-22(15-26)25(31)30-11-9-24(10-12-30)32-23-7-5-18(6-8-23)21-13-19-3-1-2-4-20(19)16-29-17-21/h1-8,13,17,22,24H,9-12,14-16H2. The Morgan fingerprint density at radius 3 is 2.47 bits per heavy atom. The minimum atomic E-state index is -2.65.